The summed E-state index contributed by atoms with van der Waals surface area (Å²) in [5, 5.41) is 11.4. The Labute approximate surface area is 173 Å². The fourth-order valence-corrected chi connectivity index (χ4v) is 4.32. The summed E-state index contributed by atoms with van der Waals surface area (Å²) in [6.45, 7) is 2.90. The van der Waals surface area contributed by atoms with Gasteiger partial charge in [-0.15, -0.1) is 0 Å². The average molecular weight is 435 g/mol. The third kappa shape index (κ3) is 4.13. The Bertz CT molecular complexity index is 1060. The van der Waals surface area contributed by atoms with Crippen molar-refractivity contribution in [3.8, 4) is 16.9 Å². The molecule has 2 aromatic carbocycles. The van der Waals surface area contributed by atoms with Gasteiger partial charge in [0.05, 0.1) is 10.3 Å². The molecule has 0 amide bonds. The first kappa shape index (κ1) is 20.3. The molecule has 0 bridgehead atoms. The van der Waals surface area contributed by atoms with Crippen LogP contribution in [-0.2, 0) is 12.7 Å². The summed E-state index contributed by atoms with van der Waals surface area (Å²) in [4.78, 5) is 14.3. The fourth-order valence-electron chi connectivity index (χ4n) is 3.19. The highest BCUT2D eigenvalue weighted by Crippen LogP contribution is 2.42. The van der Waals surface area contributed by atoms with Crippen molar-refractivity contribution in [2.75, 3.05) is 6.61 Å². The van der Waals surface area contributed by atoms with Gasteiger partial charge in [-0.2, -0.15) is 13.2 Å². The molecule has 10 heteroatoms. The SMILES string of the molecule is CC1(COc2ccc(-c3ccc(C(F)(F)F)cc3)cc2)Cn2cc([N+](=O)[O-])nc2S1. The summed E-state index contributed by atoms with van der Waals surface area (Å²) in [6, 6.07) is 12.1. The van der Waals surface area contributed by atoms with Gasteiger partial charge in [-0.25, -0.2) is 0 Å². The van der Waals surface area contributed by atoms with E-state index in [-0.39, 0.29) is 10.6 Å². The Kier molecular flexibility index (Phi) is 4.97. The molecule has 2 heterocycles. The van der Waals surface area contributed by atoms with Gasteiger partial charge in [-0.3, -0.25) is 4.57 Å². The van der Waals surface area contributed by atoms with E-state index in [9.17, 15) is 23.3 Å². The first-order valence-corrected chi connectivity index (χ1v) is 9.76. The number of imidazole rings is 1. The number of alkyl halides is 3. The minimum absolute atomic E-state index is 0.167. The predicted molar refractivity (Wildman–Crippen MR) is 106 cm³/mol. The molecule has 30 heavy (non-hydrogen) atoms. The van der Waals surface area contributed by atoms with Gasteiger partial charge in [-0.1, -0.05) is 24.3 Å². The van der Waals surface area contributed by atoms with E-state index in [1.165, 1.54) is 30.1 Å². The van der Waals surface area contributed by atoms with Gasteiger partial charge < -0.3 is 14.9 Å². The maximum atomic E-state index is 12.7. The number of fused-ring (bicyclic) bond motifs is 1. The van der Waals surface area contributed by atoms with Gasteiger partial charge in [0.2, 0.25) is 0 Å². The molecule has 0 saturated carbocycles. The van der Waals surface area contributed by atoms with E-state index in [1.54, 1.807) is 28.8 Å². The largest absolute Gasteiger partial charge is 0.492 e. The third-order valence-corrected chi connectivity index (χ3v) is 5.95. The number of nitro groups is 1. The number of thioether (sulfide) groups is 1. The summed E-state index contributed by atoms with van der Waals surface area (Å²) in [6.07, 6.45) is -2.93. The molecular formula is C20H16F3N3O3S. The lowest BCUT2D eigenvalue weighted by Gasteiger charge is -2.21. The maximum absolute atomic E-state index is 12.7. The highest BCUT2D eigenvalue weighted by atomic mass is 32.2. The number of ether oxygens (including phenoxy) is 1. The van der Waals surface area contributed by atoms with Crippen molar-refractivity contribution >= 4 is 17.6 Å². The van der Waals surface area contributed by atoms with Crippen LogP contribution in [-0.4, -0.2) is 25.8 Å². The van der Waals surface area contributed by atoms with E-state index >= 15 is 0 Å². The second-order valence-electron chi connectivity index (χ2n) is 7.21. The maximum Gasteiger partial charge on any atom is 0.416 e. The summed E-state index contributed by atoms with van der Waals surface area (Å²) >= 11 is 1.43. The smallest absolute Gasteiger partial charge is 0.416 e. The molecule has 1 unspecified atom stereocenters. The molecule has 0 saturated heterocycles. The Morgan fingerprint density at radius 2 is 1.77 bits per heavy atom. The monoisotopic (exact) mass is 435 g/mol. The molecule has 1 aromatic heterocycles. The highest BCUT2D eigenvalue weighted by Gasteiger charge is 2.40. The van der Waals surface area contributed by atoms with Gasteiger partial charge in [0.15, 0.2) is 0 Å². The molecule has 156 valence electrons. The average Bonchev–Trinajstić information content (AvgIpc) is 3.22. The standard InChI is InChI=1S/C20H16F3N3O3S/c1-19(11-25-10-17(26(27)28)24-18(25)30-19)12-29-16-8-4-14(5-9-16)13-2-6-15(7-3-13)20(21,22)23/h2-10H,11-12H2,1H3. The van der Waals surface area contributed by atoms with Crippen LogP contribution in [0.3, 0.4) is 0 Å². The van der Waals surface area contributed by atoms with Gasteiger partial charge in [-0.05, 0) is 64.0 Å². The summed E-state index contributed by atoms with van der Waals surface area (Å²) < 4.78 is 45.4. The van der Waals surface area contributed by atoms with Crippen LogP contribution >= 0.6 is 11.8 Å². The third-order valence-electron chi connectivity index (χ3n) is 4.70. The van der Waals surface area contributed by atoms with E-state index in [0.29, 0.717) is 29.6 Å². The Morgan fingerprint density at radius 1 is 1.17 bits per heavy atom. The number of hydrogen-bond acceptors (Lipinski definition) is 5. The van der Waals surface area contributed by atoms with Crippen molar-refractivity contribution in [2.45, 2.75) is 29.5 Å². The first-order valence-electron chi connectivity index (χ1n) is 8.94. The molecule has 1 aliphatic heterocycles. The first-order chi connectivity index (χ1) is 14.1. The van der Waals surface area contributed by atoms with Crippen molar-refractivity contribution < 1.29 is 22.8 Å². The van der Waals surface area contributed by atoms with Crippen LogP contribution in [0.1, 0.15) is 12.5 Å². The number of halogens is 3. The van der Waals surface area contributed by atoms with Crippen molar-refractivity contribution in [1.29, 1.82) is 0 Å². The van der Waals surface area contributed by atoms with E-state index in [1.807, 2.05) is 6.92 Å². The lowest BCUT2D eigenvalue weighted by molar-refractivity contribution is -0.389. The number of benzene rings is 2. The molecule has 0 radical (unpaired) electrons. The molecule has 1 atom stereocenters. The van der Waals surface area contributed by atoms with Crippen LogP contribution in [0.15, 0.2) is 59.9 Å². The molecule has 4 rings (SSSR count). The van der Waals surface area contributed by atoms with Crippen LogP contribution in [0, 0.1) is 10.1 Å². The van der Waals surface area contributed by atoms with Crippen molar-refractivity contribution in [2.24, 2.45) is 0 Å². The second kappa shape index (κ2) is 7.35. The molecule has 0 fully saturated rings. The van der Waals surface area contributed by atoms with Crippen LogP contribution in [0.5, 0.6) is 5.75 Å². The van der Waals surface area contributed by atoms with Crippen LogP contribution < -0.4 is 4.74 Å². The Balaban J connectivity index is 1.38. The van der Waals surface area contributed by atoms with Crippen molar-refractivity contribution in [1.82, 2.24) is 9.55 Å². The summed E-state index contributed by atoms with van der Waals surface area (Å²) in [5.41, 5.74) is 0.781. The minimum Gasteiger partial charge on any atom is -0.492 e. The molecule has 1 aliphatic rings. The molecule has 6 nitrogen and oxygen atoms in total. The van der Waals surface area contributed by atoms with E-state index in [2.05, 4.69) is 4.98 Å². The van der Waals surface area contributed by atoms with Gasteiger partial charge in [0.25, 0.3) is 5.16 Å². The Hall–Kier alpha value is -3.01. The lowest BCUT2D eigenvalue weighted by Crippen LogP contribution is -2.29. The molecular weight excluding hydrogens is 419 g/mol. The quantitative estimate of drug-likeness (QED) is 0.395. The van der Waals surface area contributed by atoms with Crippen LogP contribution in [0.25, 0.3) is 11.1 Å². The number of aromatic nitrogens is 2. The zero-order valence-electron chi connectivity index (χ0n) is 15.7. The predicted octanol–water partition coefficient (Wildman–Crippen LogP) is 5.42. The Morgan fingerprint density at radius 3 is 2.30 bits per heavy atom. The second-order valence-corrected chi connectivity index (χ2v) is 8.76. The fraction of sp³-hybridized carbons (Fsp3) is 0.250. The zero-order chi connectivity index (χ0) is 21.5. The van der Waals surface area contributed by atoms with Crippen LogP contribution in [0.4, 0.5) is 19.0 Å². The normalized spacial score (nSPS) is 18.3. The van der Waals surface area contributed by atoms with Crippen molar-refractivity contribution in [3.05, 3.63) is 70.4 Å². The number of rotatable bonds is 5. The highest BCUT2D eigenvalue weighted by molar-refractivity contribution is 8.00. The van der Waals surface area contributed by atoms with E-state index in [4.69, 9.17) is 4.74 Å². The molecule has 0 spiro atoms. The summed E-state index contributed by atoms with van der Waals surface area (Å²) in [5.74, 6) is 0.460. The molecule has 3 aromatic rings. The van der Waals surface area contributed by atoms with Crippen LogP contribution in [0.2, 0.25) is 0 Å². The molecule has 0 aliphatic carbocycles. The van der Waals surface area contributed by atoms with E-state index < -0.39 is 16.7 Å². The van der Waals surface area contributed by atoms with Crippen molar-refractivity contribution in [3.63, 3.8) is 0 Å². The zero-order valence-corrected chi connectivity index (χ0v) is 16.5. The topological polar surface area (TPSA) is 70.2 Å². The van der Waals surface area contributed by atoms with Gasteiger partial charge in [0, 0.05) is 6.54 Å². The number of nitrogens with zero attached hydrogens (tertiary/aromatic N) is 3. The van der Waals surface area contributed by atoms with E-state index in [0.717, 1.165) is 17.7 Å². The van der Waals surface area contributed by atoms with Gasteiger partial charge >= 0.3 is 12.0 Å². The number of hydrogen-bond donors (Lipinski definition) is 0. The van der Waals surface area contributed by atoms with Gasteiger partial charge in [0.1, 0.15) is 18.6 Å². The lowest BCUT2D eigenvalue weighted by atomic mass is 10.0. The minimum atomic E-state index is -4.36. The molecule has 0 N–H and O–H groups in total. The summed E-state index contributed by atoms with van der Waals surface area (Å²) in [7, 11) is 0.